The van der Waals surface area contributed by atoms with E-state index in [0.29, 0.717) is 6.54 Å². The van der Waals surface area contributed by atoms with Crippen LogP contribution in [0.4, 0.5) is 4.39 Å². The van der Waals surface area contributed by atoms with E-state index in [2.05, 4.69) is 10.6 Å². The Balaban J connectivity index is 1.85. The van der Waals surface area contributed by atoms with Crippen molar-refractivity contribution in [2.24, 2.45) is 0 Å². The molecule has 0 radical (unpaired) electrons. The molecule has 0 fully saturated rings. The number of carbonyl (C=O) groups is 2. The Morgan fingerprint density at radius 2 is 1.73 bits per heavy atom. The van der Waals surface area contributed by atoms with Gasteiger partial charge in [0.1, 0.15) is 5.82 Å². The maximum Gasteiger partial charge on any atom is 0.256 e. The number of amides is 2. The Bertz CT molecular complexity index is 657. The lowest BCUT2D eigenvalue weighted by atomic mass is 10.2. The zero-order chi connectivity index (χ0) is 15.9. The maximum absolute atomic E-state index is 13.5. The highest BCUT2D eigenvalue weighted by Gasteiger charge is 2.16. The van der Waals surface area contributed by atoms with Gasteiger partial charge in [0, 0.05) is 6.54 Å². The average molecular weight is 321 g/mol. The summed E-state index contributed by atoms with van der Waals surface area (Å²) in [7, 11) is 0. The van der Waals surface area contributed by atoms with Crippen molar-refractivity contribution in [3.8, 4) is 0 Å². The van der Waals surface area contributed by atoms with Crippen molar-refractivity contribution in [3.05, 3.63) is 70.5 Å². The Morgan fingerprint density at radius 3 is 2.41 bits per heavy atom. The molecule has 114 valence electrons. The third-order valence-electron chi connectivity index (χ3n) is 2.93. The number of rotatable bonds is 5. The smallest absolute Gasteiger partial charge is 0.256 e. The van der Waals surface area contributed by atoms with E-state index in [4.69, 9.17) is 11.6 Å². The van der Waals surface area contributed by atoms with Gasteiger partial charge >= 0.3 is 0 Å². The molecule has 6 heteroatoms. The molecular formula is C16H14ClFN2O2. The summed E-state index contributed by atoms with van der Waals surface area (Å²) >= 11 is 5.78. The summed E-state index contributed by atoms with van der Waals surface area (Å²) in [6, 6.07) is 13.3. The van der Waals surface area contributed by atoms with Crippen molar-refractivity contribution in [3.63, 3.8) is 0 Å². The van der Waals surface area contributed by atoms with Gasteiger partial charge in [-0.25, -0.2) is 4.39 Å². The summed E-state index contributed by atoms with van der Waals surface area (Å²) in [6.07, 6.45) is 0. The van der Waals surface area contributed by atoms with Crippen LogP contribution in [0.15, 0.2) is 48.5 Å². The standard InChI is InChI=1S/C16H14ClFN2O2/c17-12-7-4-8-13(18)15(12)16(22)20-10-14(21)19-9-11-5-2-1-3-6-11/h1-8H,9-10H2,(H,19,21)(H,20,22). The highest BCUT2D eigenvalue weighted by atomic mass is 35.5. The topological polar surface area (TPSA) is 58.2 Å². The largest absolute Gasteiger partial charge is 0.350 e. The Kier molecular flexibility index (Phi) is 5.49. The van der Waals surface area contributed by atoms with E-state index in [1.807, 2.05) is 30.3 Å². The maximum atomic E-state index is 13.5. The van der Waals surface area contributed by atoms with Gasteiger partial charge in [0.25, 0.3) is 5.91 Å². The fourth-order valence-corrected chi connectivity index (χ4v) is 2.07. The molecule has 0 aliphatic carbocycles. The van der Waals surface area contributed by atoms with Crippen LogP contribution >= 0.6 is 11.6 Å². The quantitative estimate of drug-likeness (QED) is 0.889. The number of nitrogens with one attached hydrogen (secondary N) is 2. The highest BCUT2D eigenvalue weighted by molar-refractivity contribution is 6.33. The van der Waals surface area contributed by atoms with Gasteiger partial charge in [-0.15, -0.1) is 0 Å². The number of hydrogen-bond donors (Lipinski definition) is 2. The van der Waals surface area contributed by atoms with Crippen LogP contribution in [-0.4, -0.2) is 18.4 Å². The molecule has 2 aromatic carbocycles. The molecule has 0 unspecified atom stereocenters. The number of hydrogen-bond acceptors (Lipinski definition) is 2. The summed E-state index contributed by atoms with van der Waals surface area (Å²) in [4.78, 5) is 23.5. The number of halogens is 2. The molecular weight excluding hydrogens is 307 g/mol. The third-order valence-corrected chi connectivity index (χ3v) is 3.25. The first-order chi connectivity index (χ1) is 10.6. The molecule has 0 heterocycles. The summed E-state index contributed by atoms with van der Waals surface area (Å²) in [5.74, 6) is -1.82. The van der Waals surface area contributed by atoms with E-state index >= 15 is 0 Å². The van der Waals surface area contributed by atoms with Crippen LogP contribution in [0.2, 0.25) is 5.02 Å². The third kappa shape index (κ3) is 4.30. The van der Waals surface area contributed by atoms with Crippen LogP contribution in [0.3, 0.4) is 0 Å². The van der Waals surface area contributed by atoms with Gasteiger partial charge in [0.15, 0.2) is 0 Å². The van der Waals surface area contributed by atoms with Crippen LogP contribution < -0.4 is 10.6 Å². The molecule has 0 atom stereocenters. The number of benzene rings is 2. The van der Waals surface area contributed by atoms with Gasteiger partial charge in [-0.3, -0.25) is 9.59 Å². The second-order valence-corrected chi connectivity index (χ2v) is 4.95. The lowest BCUT2D eigenvalue weighted by Gasteiger charge is -2.08. The SMILES string of the molecule is O=C(CNC(=O)c1c(F)cccc1Cl)NCc1ccccc1. The first-order valence-corrected chi connectivity index (χ1v) is 6.98. The van der Waals surface area contributed by atoms with E-state index in [1.165, 1.54) is 12.1 Å². The van der Waals surface area contributed by atoms with Gasteiger partial charge in [0.2, 0.25) is 5.91 Å². The molecule has 0 aliphatic heterocycles. The Labute approximate surface area is 132 Å². The molecule has 4 nitrogen and oxygen atoms in total. The van der Waals surface area contributed by atoms with Gasteiger partial charge in [-0.1, -0.05) is 48.0 Å². The monoisotopic (exact) mass is 320 g/mol. The molecule has 0 aliphatic rings. The summed E-state index contributed by atoms with van der Waals surface area (Å²) in [5.41, 5.74) is 0.680. The van der Waals surface area contributed by atoms with E-state index in [9.17, 15) is 14.0 Å². The van der Waals surface area contributed by atoms with Gasteiger partial charge < -0.3 is 10.6 Å². The van der Waals surface area contributed by atoms with Crippen LogP contribution in [0.25, 0.3) is 0 Å². The molecule has 2 amide bonds. The molecule has 0 spiro atoms. The lowest BCUT2D eigenvalue weighted by molar-refractivity contribution is -0.120. The molecule has 0 bridgehead atoms. The van der Waals surface area contributed by atoms with Crippen molar-refractivity contribution in [1.29, 1.82) is 0 Å². The first-order valence-electron chi connectivity index (χ1n) is 6.61. The number of carbonyl (C=O) groups excluding carboxylic acids is 2. The Hall–Kier alpha value is -2.40. The summed E-state index contributed by atoms with van der Waals surface area (Å²) in [6.45, 7) is 0.104. The van der Waals surface area contributed by atoms with E-state index in [0.717, 1.165) is 11.6 Å². The van der Waals surface area contributed by atoms with Crippen LogP contribution in [0, 0.1) is 5.82 Å². The van der Waals surface area contributed by atoms with Gasteiger partial charge in [-0.05, 0) is 17.7 Å². The second kappa shape index (κ2) is 7.56. The molecule has 22 heavy (non-hydrogen) atoms. The van der Waals surface area contributed by atoms with E-state index in [1.54, 1.807) is 0 Å². The van der Waals surface area contributed by atoms with E-state index in [-0.39, 0.29) is 23.0 Å². The summed E-state index contributed by atoms with van der Waals surface area (Å²) < 4.78 is 13.5. The predicted molar refractivity (Wildman–Crippen MR) is 82.0 cm³/mol. The molecule has 0 saturated carbocycles. The predicted octanol–water partition coefficient (Wildman–Crippen LogP) is 2.53. The highest BCUT2D eigenvalue weighted by Crippen LogP contribution is 2.18. The zero-order valence-electron chi connectivity index (χ0n) is 11.6. The van der Waals surface area contributed by atoms with Gasteiger partial charge in [-0.2, -0.15) is 0 Å². The molecule has 0 aromatic heterocycles. The molecule has 2 rings (SSSR count). The minimum atomic E-state index is -0.727. The summed E-state index contributed by atoms with van der Waals surface area (Å²) in [5, 5.41) is 5.00. The van der Waals surface area contributed by atoms with Crippen LogP contribution in [0.1, 0.15) is 15.9 Å². The fraction of sp³-hybridized carbons (Fsp3) is 0.125. The van der Waals surface area contributed by atoms with E-state index < -0.39 is 11.7 Å². The van der Waals surface area contributed by atoms with Crippen LogP contribution in [-0.2, 0) is 11.3 Å². The minimum Gasteiger partial charge on any atom is -0.350 e. The lowest BCUT2D eigenvalue weighted by Crippen LogP contribution is -2.37. The van der Waals surface area contributed by atoms with Crippen molar-refractivity contribution in [2.75, 3.05) is 6.54 Å². The molecule has 2 aromatic rings. The molecule has 0 saturated heterocycles. The zero-order valence-corrected chi connectivity index (χ0v) is 12.4. The molecule has 2 N–H and O–H groups in total. The van der Waals surface area contributed by atoms with Crippen molar-refractivity contribution >= 4 is 23.4 Å². The van der Waals surface area contributed by atoms with Crippen LogP contribution in [0.5, 0.6) is 0 Å². The minimum absolute atomic E-state index is 0.00203. The van der Waals surface area contributed by atoms with Crippen molar-refractivity contribution in [1.82, 2.24) is 10.6 Å². The average Bonchev–Trinajstić information content (AvgIpc) is 2.52. The normalized spacial score (nSPS) is 10.1. The van der Waals surface area contributed by atoms with Crippen molar-refractivity contribution in [2.45, 2.75) is 6.54 Å². The van der Waals surface area contributed by atoms with Gasteiger partial charge in [0.05, 0.1) is 17.1 Å². The Morgan fingerprint density at radius 1 is 1.00 bits per heavy atom. The first kappa shape index (κ1) is 16.0. The second-order valence-electron chi connectivity index (χ2n) is 4.54. The van der Waals surface area contributed by atoms with Crippen molar-refractivity contribution < 1.29 is 14.0 Å². The fourth-order valence-electron chi connectivity index (χ4n) is 1.82.